The monoisotopic (exact) mass is 469 g/mol. The molecule has 35 heavy (non-hydrogen) atoms. The fourth-order valence-electron chi connectivity index (χ4n) is 6.21. The summed E-state index contributed by atoms with van der Waals surface area (Å²) in [4.78, 5) is 26.7. The van der Waals surface area contributed by atoms with E-state index in [9.17, 15) is 4.79 Å². The lowest BCUT2D eigenvalue weighted by Crippen LogP contribution is -2.45. The number of piperidine rings is 1. The van der Waals surface area contributed by atoms with Gasteiger partial charge >= 0.3 is 5.97 Å². The predicted molar refractivity (Wildman–Crippen MR) is 136 cm³/mol. The van der Waals surface area contributed by atoms with Crippen molar-refractivity contribution in [3.8, 4) is 0 Å². The number of fused-ring (bicyclic) bond motifs is 2. The molecular formula is C28H31N5O2. The van der Waals surface area contributed by atoms with Crippen LogP contribution < -0.4 is 15.5 Å². The molecule has 1 aliphatic carbocycles. The van der Waals surface area contributed by atoms with E-state index < -0.39 is 5.97 Å². The number of carbonyl (C=O) groups is 1. The van der Waals surface area contributed by atoms with Gasteiger partial charge < -0.3 is 20.3 Å². The number of nitrogens with two attached hydrogens (primary N) is 1. The fraction of sp³-hybridized carbons (Fsp3) is 0.393. The second kappa shape index (κ2) is 8.64. The molecular weight excluding hydrogens is 438 g/mol. The van der Waals surface area contributed by atoms with Crippen molar-refractivity contribution in [3.05, 3.63) is 77.1 Å². The highest BCUT2D eigenvalue weighted by atomic mass is 16.5. The number of para-hydroxylation sites is 1. The van der Waals surface area contributed by atoms with Crippen LogP contribution in [0.5, 0.6) is 0 Å². The second-order valence-electron chi connectivity index (χ2n) is 9.98. The number of methoxy groups -OCH3 is 1. The van der Waals surface area contributed by atoms with Crippen LogP contribution in [0.3, 0.4) is 0 Å². The van der Waals surface area contributed by atoms with E-state index in [4.69, 9.17) is 20.4 Å². The highest BCUT2D eigenvalue weighted by Crippen LogP contribution is 2.51. The first-order valence-corrected chi connectivity index (χ1v) is 12.5. The average molecular weight is 470 g/mol. The summed E-state index contributed by atoms with van der Waals surface area (Å²) in [6.07, 6.45) is 6.79. The molecule has 3 aliphatic rings. The summed E-state index contributed by atoms with van der Waals surface area (Å²) in [6.45, 7) is 2.41. The van der Waals surface area contributed by atoms with Gasteiger partial charge in [-0.3, -0.25) is 0 Å². The number of benzene rings is 2. The Balaban J connectivity index is 1.27. The number of hydrogen-bond donors (Lipinski definition) is 1. The molecule has 0 saturated carbocycles. The van der Waals surface area contributed by atoms with Crippen molar-refractivity contribution in [1.29, 1.82) is 0 Å². The van der Waals surface area contributed by atoms with Gasteiger partial charge in [0.1, 0.15) is 0 Å². The zero-order valence-corrected chi connectivity index (χ0v) is 20.1. The molecule has 1 spiro atoms. The Morgan fingerprint density at radius 3 is 2.57 bits per heavy atom. The number of esters is 1. The number of carbonyl (C=O) groups excluding carboxylic acids is 1. The summed E-state index contributed by atoms with van der Waals surface area (Å²) in [5, 5.41) is 0. The molecule has 0 amide bonds. The first-order chi connectivity index (χ1) is 17.1. The topological polar surface area (TPSA) is 84.6 Å². The number of nitrogens with zero attached hydrogens (tertiary/aromatic N) is 4. The number of ether oxygens (including phenoxy) is 1. The molecule has 0 bridgehead atoms. The van der Waals surface area contributed by atoms with E-state index in [0.29, 0.717) is 11.6 Å². The lowest BCUT2D eigenvalue weighted by Gasteiger charge is -2.42. The molecule has 180 valence electrons. The van der Waals surface area contributed by atoms with E-state index in [2.05, 4.69) is 52.3 Å². The molecule has 1 aromatic heterocycles. The Morgan fingerprint density at radius 1 is 1.06 bits per heavy atom. The van der Waals surface area contributed by atoms with Gasteiger partial charge in [-0.25, -0.2) is 14.8 Å². The first kappa shape index (κ1) is 22.0. The van der Waals surface area contributed by atoms with Crippen molar-refractivity contribution in [2.45, 2.75) is 38.1 Å². The van der Waals surface area contributed by atoms with Gasteiger partial charge in [0.05, 0.1) is 13.3 Å². The SMILES string of the molecule is COC(=O)c1nc(N2CCCc3ccccc32)cnc1N1CCC2(CC1)Cc1ccccc1[C@H]2N. The molecule has 2 aliphatic heterocycles. The third-order valence-corrected chi connectivity index (χ3v) is 8.16. The van der Waals surface area contributed by atoms with Crippen molar-refractivity contribution in [3.63, 3.8) is 0 Å². The number of aromatic nitrogens is 2. The van der Waals surface area contributed by atoms with Crippen LogP contribution >= 0.6 is 0 Å². The Labute approximate surface area is 205 Å². The van der Waals surface area contributed by atoms with Gasteiger partial charge in [0.2, 0.25) is 0 Å². The van der Waals surface area contributed by atoms with Gasteiger partial charge in [-0.2, -0.15) is 0 Å². The van der Waals surface area contributed by atoms with Crippen LogP contribution in [-0.4, -0.2) is 42.7 Å². The van der Waals surface area contributed by atoms with E-state index in [-0.39, 0.29) is 17.2 Å². The van der Waals surface area contributed by atoms with E-state index >= 15 is 0 Å². The van der Waals surface area contributed by atoms with E-state index in [1.54, 1.807) is 6.20 Å². The molecule has 3 heterocycles. The van der Waals surface area contributed by atoms with E-state index in [1.807, 2.05) is 6.07 Å². The largest absolute Gasteiger partial charge is 0.464 e. The number of anilines is 3. The molecule has 1 fully saturated rings. The van der Waals surface area contributed by atoms with Crippen LogP contribution in [0.1, 0.15) is 52.5 Å². The summed E-state index contributed by atoms with van der Waals surface area (Å²) < 4.78 is 5.13. The van der Waals surface area contributed by atoms with Gasteiger partial charge in [-0.15, -0.1) is 0 Å². The second-order valence-corrected chi connectivity index (χ2v) is 9.98. The van der Waals surface area contributed by atoms with Crippen LogP contribution in [-0.2, 0) is 17.6 Å². The zero-order chi connectivity index (χ0) is 24.0. The Hall–Kier alpha value is -3.45. The van der Waals surface area contributed by atoms with Crippen LogP contribution in [0.15, 0.2) is 54.7 Å². The molecule has 2 aromatic carbocycles. The molecule has 7 heteroatoms. The fourth-order valence-corrected chi connectivity index (χ4v) is 6.21. The standard InChI is InChI=1S/C28H31N5O2/c1-35-27(34)24-26(30-18-23(31-24)33-14-6-9-19-7-3-5-11-22(19)33)32-15-12-28(13-16-32)17-20-8-2-4-10-21(20)25(28)29/h2-5,7-8,10-11,18,25H,6,9,12-17,29H2,1H3/t25-/m1/s1. The van der Waals surface area contributed by atoms with Crippen molar-refractivity contribution in [1.82, 2.24) is 9.97 Å². The van der Waals surface area contributed by atoms with Crippen molar-refractivity contribution in [2.75, 3.05) is 36.5 Å². The molecule has 0 unspecified atom stereocenters. The van der Waals surface area contributed by atoms with E-state index in [0.717, 1.165) is 57.4 Å². The van der Waals surface area contributed by atoms with Gasteiger partial charge in [-0.1, -0.05) is 42.5 Å². The number of rotatable bonds is 3. The normalized spacial score (nSPS) is 20.5. The zero-order valence-electron chi connectivity index (χ0n) is 20.1. The predicted octanol–water partition coefficient (Wildman–Crippen LogP) is 4.19. The van der Waals surface area contributed by atoms with Gasteiger partial charge in [0, 0.05) is 31.4 Å². The Morgan fingerprint density at radius 2 is 1.80 bits per heavy atom. The lowest BCUT2D eigenvalue weighted by atomic mass is 9.73. The average Bonchev–Trinajstić information content (AvgIpc) is 3.19. The summed E-state index contributed by atoms with van der Waals surface area (Å²) in [5.74, 6) is 0.831. The van der Waals surface area contributed by atoms with Crippen LogP contribution in [0.25, 0.3) is 0 Å². The quantitative estimate of drug-likeness (QED) is 0.576. The maximum absolute atomic E-state index is 12.8. The Bertz CT molecular complexity index is 1270. The molecule has 6 rings (SSSR count). The van der Waals surface area contributed by atoms with Gasteiger partial charge in [0.25, 0.3) is 0 Å². The number of aryl methyl sites for hydroxylation is 1. The lowest BCUT2D eigenvalue weighted by molar-refractivity contribution is 0.0594. The van der Waals surface area contributed by atoms with Crippen LogP contribution in [0, 0.1) is 5.41 Å². The Kier molecular flexibility index (Phi) is 5.44. The molecule has 7 nitrogen and oxygen atoms in total. The maximum Gasteiger partial charge on any atom is 0.360 e. The van der Waals surface area contributed by atoms with Crippen LogP contribution in [0.4, 0.5) is 17.3 Å². The van der Waals surface area contributed by atoms with Crippen molar-refractivity contribution >= 4 is 23.3 Å². The minimum atomic E-state index is -0.454. The molecule has 3 aromatic rings. The van der Waals surface area contributed by atoms with Crippen LogP contribution in [0.2, 0.25) is 0 Å². The summed E-state index contributed by atoms with van der Waals surface area (Å²) in [6, 6.07) is 17.0. The highest BCUT2D eigenvalue weighted by molar-refractivity contribution is 5.93. The third kappa shape index (κ3) is 3.65. The molecule has 2 N–H and O–H groups in total. The molecule has 1 saturated heterocycles. The highest BCUT2D eigenvalue weighted by Gasteiger charge is 2.46. The van der Waals surface area contributed by atoms with Crippen molar-refractivity contribution in [2.24, 2.45) is 11.1 Å². The minimum Gasteiger partial charge on any atom is -0.464 e. The van der Waals surface area contributed by atoms with Crippen molar-refractivity contribution < 1.29 is 9.53 Å². The van der Waals surface area contributed by atoms with Gasteiger partial charge in [-0.05, 0) is 60.3 Å². The minimum absolute atomic E-state index is 0.0496. The summed E-state index contributed by atoms with van der Waals surface area (Å²) in [5.41, 5.74) is 12.2. The number of hydrogen-bond acceptors (Lipinski definition) is 7. The smallest absolute Gasteiger partial charge is 0.360 e. The molecule has 0 radical (unpaired) electrons. The summed E-state index contributed by atoms with van der Waals surface area (Å²) in [7, 11) is 1.40. The molecule has 1 atom stereocenters. The summed E-state index contributed by atoms with van der Waals surface area (Å²) >= 11 is 0. The van der Waals surface area contributed by atoms with E-state index in [1.165, 1.54) is 23.8 Å². The van der Waals surface area contributed by atoms with Gasteiger partial charge in [0.15, 0.2) is 17.3 Å². The maximum atomic E-state index is 12.8. The third-order valence-electron chi connectivity index (χ3n) is 8.16. The first-order valence-electron chi connectivity index (χ1n) is 12.5.